The van der Waals surface area contributed by atoms with Crippen molar-refractivity contribution in [1.29, 1.82) is 0 Å². The number of halogens is 1. The lowest BCUT2D eigenvalue weighted by molar-refractivity contribution is -0.145. The molecule has 0 spiro atoms. The fourth-order valence-electron chi connectivity index (χ4n) is 3.88. The van der Waals surface area contributed by atoms with Crippen LogP contribution >= 0.6 is 15.9 Å². The molecule has 3 fully saturated rings. The van der Waals surface area contributed by atoms with Crippen molar-refractivity contribution in [2.45, 2.75) is 23.8 Å². The number of hydrogen-bond acceptors (Lipinski definition) is 4. The van der Waals surface area contributed by atoms with Crippen LogP contribution < -0.4 is 5.32 Å². The highest BCUT2D eigenvalue weighted by molar-refractivity contribution is 9.09. The van der Waals surface area contributed by atoms with E-state index in [1.54, 1.807) is 7.11 Å². The topological polar surface area (TPSA) is 64.6 Å². The van der Waals surface area contributed by atoms with Gasteiger partial charge in [0.2, 0.25) is 5.91 Å². The van der Waals surface area contributed by atoms with Gasteiger partial charge in [-0.25, -0.2) is 0 Å². The Morgan fingerprint density at radius 3 is 3.05 bits per heavy atom. The largest absolute Gasteiger partial charge is 0.461 e. The molecule has 1 amide bonds. The molecule has 6 heteroatoms. The third-order valence-corrected chi connectivity index (χ3v) is 5.85. The average molecular weight is 332 g/mol. The molecule has 1 N–H and O–H groups in total. The van der Waals surface area contributed by atoms with Crippen LogP contribution in [0.15, 0.2) is 0 Å². The van der Waals surface area contributed by atoms with Crippen LogP contribution in [0.2, 0.25) is 0 Å². The summed E-state index contributed by atoms with van der Waals surface area (Å²) in [7, 11) is 1.64. The van der Waals surface area contributed by atoms with Gasteiger partial charge in [0.25, 0.3) is 0 Å². The van der Waals surface area contributed by atoms with Gasteiger partial charge >= 0.3 is 5.97 Å². The number of alkyl halides is 1. The summed E-state index contributed by atoms with van der Waals surface area (Å²) < 4.78 is 10.3. The quantitative estimate of drug-likeness (QED) is 0.458. The molecule has 1 saturated heterocycles. The van der Waals surface area contributed by atoms with Crippen LogP contribution in [0.1, 0.15) is 12.8 Å². The average Bonchev–Trinajstić information content (AvgIpc) is 2.98. The minimum Gasteiger partial charge on any atom is -0.461 e. The molecule has 19 heavy (non-hydrogen) atoms. The Kier molecular flexibility index (Phi) is 3.55. The van der Waals surface area contributed by atoms with Crippen LogP contribution in [-0.2, 0) is 19.1 Å². The van der Waals surface area contributed by atoms with Gasteiger partial charge in [-0.2, -0.15) is 0 Å². The summed E-state index contributed by atoms with van der Waals surface area (Å²) in [6.07, 6.45) is 1.70. The Morgan fingerprint density at radius 1 is 1.53 bits per heavy atom. The fraction of sp³-hybridized carbons (Fsp3) is 0.846. The van der Waals surface area contributed by atoms with E-state index in [2.05, 4.69) is 21.2 Å². The Labute approximate surface area is 120 Å². The first-order valence-electron chi connectivity index (χ1n) is 6.76. The summed E-state index contributed by atoms with van der Waals surface area (Å²) in [6, 6.07) is 0. The van der Waals surface area contributed by atoms with Gasteiger partial charge in [-0.1, -0.05) is 15.9 Å². The smallest absolute Gasteiger partial charge is 0.310 e. The molecule has 1 aliphatic heterocycles. The van der Waals surface area contributed by atoms with E-state index in [-0.39, 0.29) is 46.5 Å². The summed E-state index contributed by atoms with van der Waals surface area (Å²) in [4.78, 5) is 24.3. The van der Waals surface area contributed by atoms with E-state index in [1.807, 2.05) is 0 Å². The van der Waals surface area contributed by atoms with Crippen LogP contribution in [0.4, 0.5) is 0 Å². The summed E-state index contributed by atoms with van der Waals surface area (Å²) in [5.41, 5.74) is 0. The van der Waals surface area contributed by atoms with Gasteiger partial charge in [-0.15, -0.1) is 0 Å². The predicted octanol–water partition coefficient (Wildman–Crippen LogP) is 0.710. The lowest BCUT2D eigenvalue weighted by Crippen LogP contribution is -2.43. The van der Waals surface area contributed by atoms with E-state index in [1.165, 1.54) is 0 Å². The van der Waals surface area contributed by atoms with Crippen molar-refractivity contribution in [2.75, 3.05) is 20.3 Å². The highest BCUT2D eigenvalue weighted by Gasteiger charge is 2.67. The number of fused-ring (bicyclic) bond motifs is 1. The molecule has 2 saturated carbocycles. The number of nitrogens with one attached hydrogen (secondary N) is 1. The van der Waals surface area contributed by atoms with E-state index in [0.717, 1.165) is 12.8 Å². The highest BCUT2D eigenvalue weighted by atomic mass is 79.9. The zero-order valence-electron chi connectivity index (χ0n) is 10.8. The van der Waals surface area contributed by atoms with Crippen LogP contribution in [0.5, 0.6) is 0 Å². The highest BCUT2D eigenvalue weighted by Crippen LogP contribution is 2.59. The number of ether oxygens (including phenoxy) is 2. The molecule has 0 aromatic rings. The monoisotopic (exact) mass is 331 g/mol. The Hall–Kier alpha value is -0.620. The number of hydrogen-bond donors (Lipinski definition) is 1. The van der Waals surface area contributed by atoms with Gasteiger partial charge in [0, 0.05) is 26.2 Å². The maximum Gasteiger partial charge on any atom is 0.310 e. The van der Waals surface area contributed by atoms with Crippen LogP contribution in [-0.4, -0.2) is 43.1 Å². The molecule has 0 aromatic carbocycles. The second kappa shape index (κ2) is 5.05. The summed E-state index contributed by atoms with van der Waals surface area (Å²) in [5, 5.41) is 2.92. The van der Waals surface area contributed by atoms with Crippen LogP contribution in [0, 0.1) is 23.7 Å². The fourth-order valence-corrected chi connectivity index (χ4v) is 4.92. The number of carbonyl (C=O) groups excluding carboxylic acids is 2. The maximum atomic E-state index is 12.3. The first-order valence-corrected chi connectivity index (χ1v) is 7.68. The van der Waals surface area contributed by atoms with Crippen molar-refractivity contribution in [1.82, 2.24) is 5.32 Å². The van der Waals surface area contributed by atoms with Gasteiger partial charge in [0.15, 0.2) is 0 Å². The van der Waals surface area contributed by atoms with Gasteiger partial charge in [0.05, 0.1) is 16.7 Å². The lowest BCUT2D eigenvalue weighted by Gasteiger charge is -2.27. The molecule has 2 bridgehead atoms. The molecule has 1 heterocycles. The molecule has 0 aromatic heterocycles. The van der Waals surface area contributed by atoms with Gasteiger partial charge in [-0.3, -0.25) is 9.59 Å². The van der Waals surface area contributed by atoms with E-state index >= 15 is 0 Å². The molecule has 0 unspecified atom stereocenters. The van der Waals surface area contributed by atoms with Crippen molar-refractivity contribution in [3.05, 3.63) is 0 Å². The normalized spacial score (nSPS) is 42.5. The van der Waals surface area contributed by atoms with Crippen molar-refractivity contribution in [2.24, 2.45) is 23.7 Å². The summed E-state index contributed by atoms with van der Waals surface area (Å²) >= 11 is 3.60. The van der Waals surface area contributed by atoms with Crippen molar-refractivity contribution >= 4 is 27.8 Å². The molecule has 3 rings (SSSR count). The SMILES string of the molecule is COCCCNC(=O)[C@H]1[C@@H]2C[C@H]3[C@H](OC(=O)[C@@H]31)[C@@H]2Br. The Balaban J connectivity index is 1.65. The molecule has 6 atom stereocenters. The minimum atomic E-state index is -0.219. The number of amides is 1. The number of methoxy groups -OCH3 is 1. The molecular weight excluding hydrogens is 314 g/mol. The van der Waals surface area contributed by atoms with E-state index in [4.69, 9.17) is 9.47 Å². The molecule has 106 valence electrons. The Morgan fingerprint density at radius 2 is 2.32 bits per heavy atom. The second-order valence-corrected chi connectivity index (χ2v) is 6.66. The van der Waals surface area contributed by atoms with Gasteiger partial charge in [-0.05, 0) is 18.8 Å². The predicted molar refractivity (Wildman–Crippen MR) is 70.7 cm³/mol. The first-order chi connectivity index (χ1) is 9.15. The molecule has 3 aliphatic rings. The van der Waals surface area contributed by atoms with Crippen molar-refractivity contribution < 1.29 is 19.1 Å². The van der Waals surface area contributed by atoms with Crippen molar-refractivity contribution in [3.8, 4) is 0 Å². The number of esters is 1. The van der Waals surface area contributed by atoms with E-state index in [9.17, 15) is 9.59 Å². The summed E-state index contributed by atoms with van der Waals surface area (Å²) in [5.74, 6) is -0.160. The Bertz CT molecular complexity index is 402. The van der Waals surface area contributed by atoms with Crippen LogP contribution in [0.3, 0.4) is 0 Å². The molecule has 5 nitrogen and oxygen atoms in total. The number of carbonyl (C=O) groups is 2. The maximum absolute atomic E-state index is 12.3. The number of rotatable bonds is 5. The molecule has 2 aliphatic carbocycles. The molecule has 0 radical (unpaired) electrons. The van der Waals surface area contributed by atoms with Crippen molar-refractivity contribution in [3.63, 3.8) is 0 Å². The lowest BCUT2D eigenvalue weighted by atomic mass is 9.79. The third-order valence-electron chi connectivity index (χ3n) is 4.65. The van der Waals surface area contributed by atoms with Gasteiger partial charge < -0.3 is 14.8 Å². The third kappa shape index (κ3) is 2.00. The summed E-state index contributed by atoms with van der Waals surface area (Å²) in [6.45, 7) is 1.23. The minimum absolute atomic E-state index is 0.00430. The standard InChI is InChI=1S/C13H18BrNO4/c1-18-4-2-3-15-12(16)8-6-5-7-9(8)13(17)19-11(7)10(6)14/h6-11H,2-5H2,1H3,(H,15,16)/t6-,7+,8-,9-,10+,11-/m0/s1. The van der Waals surface area contributed by atoms with Crippen LogP contribution in [0.25, 0.3) is 0 Å². The molecular formula is C13H18BrNO4. The van der Waals surface area contributed by atoms with Gasteiger partial charge in [0.1, 0.15) is 6.10 Å². The second-order valence-electron chi connectivity index (χ2n) is 5.60. The zero-order valence-corrected chi connectivity index (χ0v) is 12.4. The first kappa shape index (κ1) is 13.4. The van der Waals surface area contributed by atoms with E-state index in [0.29, 0.717) is 13.2 Å². The van der Waals surface area contributed by atoms with E-state index < -0.39 is 0 Å². The zero-order chi connectivity index (χ0) is 13.6.